The third-order valence-corrected chi connectivity index (χ3v) is 5.28. The number of hydrogen-bond donors (Lipinski definition) is 0. The van der Waals surface area contributed by atoms with Gasteiger partial charge in [-0.15, -0.1) is 0 Å². The lowest BCUT2D eigenvalue weighted by molar-refractivity contribution is 0.221. The SMILES string of the molecule is CCSCc1nc(-c2ccc(CN3CCCCC3)cc2)oc1C. The van der Waals surface area contributed by atoms with Crippen LogP contribution in [-0.2, 0) is 12.3 Å². The zero-order valence-electron chi connectivity index (χ0n) is 14.2. The van der Waals surface area contributed by atoms with Crippen molar-refractivity contribution in [1.82, 2.24) is 9.88 Å². The van der Waals surface area contributed by atoms with E-state index < -0.39 is 0 Å². The highest BCUT2D eigenvalue weighted by atomic mass is 32.2. The van der Waals surface area contributed by atoms with Crippen molar-refractivity contribution < 1.29 is 4.42 Å². The first-order chi connectivity index (χ1) is 11.3. The minimum atomic E-state index is 0.749. The van der Waals surface area contributed by atoms with Crippen LogP contribution in [0.4, 0.5) is 0 Å². The van der Waals surface area contributed by atoms with Crippen molar-refractivity contribution in [2.75, 3.05) is 18.8 Å². The zero-order chi connectivity index (χ0) is 16.1. The van der Waals surface area contributed by atoms with Gasteiger partial charge in [-0.05, 0) is 56.3 Å². The molecule has 3 nitrogen and oxygen atoms in total. The normalized spacial score (nSPS) is 15.9. The van der Waals surface area contributed by atoms with Crippen molar-refractivity contribution in [3.05, 3.63) is 41.3 Å². The van der Waals surface area contributed by atoms with Gasteiger partial charge in [0.2, 0.25) is 5.89 Å². The molecule has 1 aromatic heterocycles. The minimum Gasteiger partial charge on any atom is -0.441 e. The summed E-state index contributed by atoms with van der Waals surface area (Å²) in [7, 11) is 0. The molecule has 4 heteroatoms. The van der Waals surface area contributed by atoms with Crippen LogP contribution < -0.4 is 0 Å². The summed E-state index contributed by atoms with van der Waals surface area (Å²) in [5.74, 6) is 3.73. The molecule has 0 aliphatic carbocycles. The molecule has 0 unspecified atom stereocenters. The molecule has 0 bridgehead atoms. The molecule has 1 aliphatic heterocycles. The van der Waals surface area contributed by atoms with E-state index in [1.54, 1.807) is 0 Å². The van der Waals surface area contributed by atoms with Gasteiger partial charge >= 0.3 is 0 Å². The highest BCUT2D eigenvalue weighted by Crippen LogP contribution is 2.25. The fourth-order valence-electron chi connectivity index (χ4n) is 3.01. The Morgan fingerprint density at radius 1 is 1.13 bits per heavy atom. The standard InChI is InChI=1S/C19H26N2OS/c1-3-23-14-18-15(2)22-19(20-18)17-9-7-16(8-10-17)13-21-11-5-4-6-12-21/h7-10H,3-6,11-14H2,1-2H3. The number of aromatic nitrogens is 1. The van der Waals surface area contributed by atoms with Crippen molar-refractivity contribution >= 4 is 11.8 Å². The van der Waals surface area contributed by atoms with Gasteiger partial charge in [0.05, 0.1) is 5.69 Å². The van der Waals surface area contributed by atoms with Crippen molar-refractivity contribution in [2.45, 2.75) is 45.4 Å². The van der Waals surface area contributed by atoms with Gasteiger partial charge in [-0.2, -0.15) is 11.8 Å². The molecule has 2 aromatic rings. The fourth-order valence-corrected chi connectivity index (χ4v) is 3.68. The molecule has 0 amide bonds. The number of rotatable bonds is 6. The molecule has 1 aromatic carbocycles. The molecule has 3 rings (SSSR count). The molecule has 23 heavy (non-hydrogen) atoms. The lowest BCUT2D eigenvalue weighted by atomic mass is 10.1. The third kappa shape index (κ3) is 4.39. The van der Waals surface area contributed by atoms with E-state index in [4.69, 9.17) is 4.42 Å². The third-order valence-electron chi connectivity index (χ3n) is 4.39. The van der Waals surface area contributed by atoms with Gasteiger partial charge in [0.1, 0.15) is 5.76 Å². The number of benzene rings is 1. The average molecular weight is 330 g/mol. The summed E-state index contributed by atoms with van der Waals surface area (Å²) in [6, 6.07) is 8.70. The maximum Gasteiger partial charge on any atom is 0.226 e. The molecule has 0 saturated carbocycles. The highest BCUT2D eigenvalue weighted by Gasteiger charge is 2.13. The zero-order valence-corrected chi connectivity index (χ0v) is 15.0. The molecule has 0 N–H and O–H groups in total. The number of oxazole rings is 1. The Balaban J connectivity index is 1.66. The first-order valence-electron chi connectivity index (χ1n) is 8.62. The van der Waals surface area contributed by atoms with Crippen LogP contribution in [0, 0.1) is 6.92 Å². The summed E-state index contributed by atoms with van der Waals surface area (Å²) in [6.07, 6.45) is 4.07. The van der Waals surface area contributed by atoms with Crippen molar-refractivity contribution in [1.29, 1.82) is 0 Å². The maximum atomic E-state index is 5.85. The van der Waals surface area contributed by atoms with E-state index in [2.05, 4.69) is 41.1 Å². The summed E-state index contributed by atoms with van der Waals surface area (Å²) >= 11 is 1.88. The first-order valence-corrected chi connectivity index (χ1v) is 9.77. The lowest BCUT2D eigenvalue weighted by Gasteiger charge is -2.26. The summed E-state index contributed by atoms with van der Waals surface area (Å²) < 4.78 is 5.85. The van der Waals surface area contributed by atoms with Crippen LogP contribution >= 0.6 is 11.8 Å². The molecule has 0 spiro atoms. The van der Waals surface area contributed by atoms with Gasteiger partial charge in [0.15, 0.2) is 0 Å². The second-order valence-electron chi connectivity index (χ2n) is 6.19. The van der Waals surface area contributed by atoms with Crippen molar-refractivity contribution in [2.24, 2.45) is 0 Å². The molecular weight excluding hydrogens is 304 g/mol. The molecule has 0 radical (unpaired) electrons. The highest BCUT2D eigenvalue weighted by molar-refractivity contribution is 7.98. The van der Waals surface area contributed by atoms with E-state index in [-0.39, 0.29) is 0 Å². The Labute approximate surface area is 143 Å². The summed E-state index contributed by atoms with van der Waals surface area (Å²) in [5, 5.41) is 0. The predicted molar refractivity (Wildman–Crippen MR) is 97.6 cm³/mol. The second kappa shape index (κ2) is 8.02. The molecule has 2 heterocycles. The topological polar surface area (TPSA) is 29.3 Å². The Kier molecular flexibility index (Phi) is 5.79. The van der Waals surface area contributed by atoms with Gasteiger partial charge < -0.3 is 4.42 Å². The first kappa shape index (κ1) is 16.6. The Morgan fingerprint density at radius 3 is 2.57 bits per heavy atom. The molecule has 124 valence electrons. The molecular formula is C19H26N2OS. The minimum absolute atomic E-state index is 0.749. The van der Waals surface area contributed by atoms with E-state index in [9.17, 15) is 0 Å². The van der Waals surface area contributed by atoms with Crippen molar-refractivity contribution in [3.8, 4) is 11.5 Å². The Bertz CT molecular complexity index is 615. The number of hydrogen-bond acceptors (Lipinski definition) is 4. The monoisotopic (exact) mass is 330 g/mol. The van der Waals surface area contributed by atoms with E-state index in [0.717, 1.165) is 41.0 Å². The van der Waals surface area contributed by atoms with Gasteiger partial charge in [-0.3, -0.25) is 4.90 Å². The lowest BCUT2D eigenvalue weighted by Crippen LogP contribution is -2.28. The Morgan fingerprint density at radius 2 is 1.87 bits per heavy atom. The largest absolute Gasteiger partial charge is 0.441 e. The summed E-state index contributed by atoms with van der Waals surface area (Å²) in [6.45, 7) is 7.70. The van der Waals surface area contributed by atoms with E-state index in [1.165, 1.54) is 37.9 Å². The van der Waals surface area contributed by atoms with Crippen LogP contribution in [0.5, 0.6) is 0 Å². The van der Waals surface area contributed by atoms with Crippen molar-refractivity contribution in [3.63, 3.8) is 0 Å². The second-order valence-corrected chi connectivity index (χ2v) is 7.47. The summed E-state index contributed by atoms with van der Waals surface area (Å²) in [4.78, 5) is 7.21. The molecule has 1 fully saturated rings. The van der Waals surface area contributed by atoms with Crippen LogP contribution in [0.2, 0.25) is 0 Å². The maximum absolute atomic E-state index is 5.85. The Hall–Kier alpha value is -1.26. The quantitative estimate of drug-likeness (QED) is 0.754. The number of thioether (sulfide) groups is 1. The van der Waals surface area contributed by atoms with Gasteiger partial charge in [0.25, 0.3) is 0 Å². The fraction of sp³-hybridized carbons (Fsp3) is 0.526. The predicted octanol–water partition coefficient (Wildman–Crippen LogP) is 4.89. The average Bonchev–Trinajstić information content (AvgIpc) is 2.95. The smallest absolute Gasteiger partial charge is 0.226 e. The van der Waals surface area contributed by atoms with Gasteiger partial charge in [-0.1, -0.05) is 25.5 Å². The molecule has 1 saturated heterocycles. The van der Waals surface area contributed by atoms with Crippen LogP contribution in [0.1, 0.15) is 43.2 Å². The van der Waals surface area contributed by atoms with Gasteiger partial charge in [-0.25, -0.2) is 4.98 Å². The van der Waals surface area contributed by atoms with E-state index in [1.807, 2.05) is 18.7 Å². The van der Waals surface area contributed by atoms with Crippen LogP contribution in [0.15, 0.2) is 28.7 Å². The number of aryl methyl sites for hydroxylation is 1. The van der Waals surface area contributed by atoms with Gasteiger partial charge in [0, 0.05) is 17.9 Å². The number of nitrogens with zero attached hydrogens (tertiary/aromatic N) is 2. The molecule has 0 atom stereocenters. The van der Waals surface area contributed by atoms with Crippen LogP contribution in [0.3, 0.4) is 0 Å². The number of likely N-dealkylation sites (tertiary alicyclic amines) is 1. The van der Waals surface area contributed by atoms with E-state index in [0.29, 0.717) is 0 Å². The van der Waals surface area contributed by atoms with E-state index >= 15 is 0 Å². The van der Waals surface area contributed by atoms with Crippen LogP contribution in [-0.4, -0.2) is 28.7 Å². The molecule has 1 aliphatic rings. The summed E-state index contributed by atoms with van der Waals surface area (Å²) in [5.41, 5.74) is 3.52. The van der Waals surface area contributed by atoms with Crippen LogP contribution in [0.25, 0.3) is 11.5 Å². The number of piperidine rings is 1.